The van der Waals surface area contributed by atoms with Crippen molar-refractivity contribution in [2.24, 2.45) is 0 Å². The number of amides is 1. The molecule has 1 amide bonds. The number of esters is 1. The van der Waals surface area contributed by atoms with Gasteiger partial charge in [-0.25, -0.2) is 9.59 Å². The molecule has 0 bridgehead atoms. The summed E-state index contributed by atoms with van der Waals surface area (Å²) in [5.74, 6) is -2.01. The Bertz CT molecular complexity index is 831. The van der Waals surface area contributed by atoms with Crippen molar-refractivity contribution < 1.29 is 23.9 Å². The van der Waals surface area contributed by atoms with E-state index in [1.165, 1.54) is 6.08 Å². The second-order valence-corrected chi connectivity index (χ2v) is 6.26. The van der Waals surface area contributed by atoms with Crippen molar-refractivity contribution in [2.45, 2.75) is 13.5 Å². The Morgan fingerprint density at radius 1 is 1.00 bits per heavy atom. The summed E-state index contributed by atoms with van der Waals surface area (Å²) in [6.45, 7) is 1.67. The molecule has 0 heterocycles. The van der Waals surface area contributed by atoms with E-state index in [4.69, 9.17) is 9.47 Å². The Balaban J connectivity index is 2.13. The maximum Gasteiger partial charge on any atom is 0.412 e. The van der Waals surface area contributed by atoms with E-state index in [1.54, 1.807) is 43.3 Å². The lowest BCUT2D eigenvalue weighted by Gasteiger charge is -2.10. The first-order valence-corrected chi connectivity index (χ1v) is 8.95. The number of nitrogens with one attached hydrogen (secondary N) is 1. The van der Waals surface area contributed by atoms with Gasteiger partial charge in [-0.05, 0) is 36.3 Å². The standard InChI is InChI=1S/C20H18BrNO5/c1-2-26-19(24)18(23)17(12-14-8-10-16(21)11-9-14)22-20(25)27-13-15-6-4-3-5-7-15/h3-12H,2,13H2,1H3,(H,22,25)/b17-12-. The van der Waals surface area contributed by atoms with E-state index < -0.39 is 17.8 Å². The van der Waals surface area contributed by atoms with E-state index in [0.29, 0.717) is 5.56 Å². The van der Waals surface area contributed by atoms with E-state index in [-0.39, 0.29) is 18.9 Å². The molecule has 27 heavy (non-hydrogen) atoms. The first-order chi connectivity index (χ1) is 13.0. The van der Waals surface area contributed by atoms with Crippen LogP contribution in [0.25, 0.3) is 6.08 Å². The highest BCUT2D eigenvalue weighted by Crippen LogP contribution is 2.13. The van der Waals surface area contributed by atoms with Crippen molar-refractivity contribution in [3.8, 4) is 0 Å². The third kappa shape index (κ3) is 6.71. The molecule has 0 spiro atoms. The number of benzene rings is 2. The summed E-state index contributed by atoms with van der Waals surface area (Å²) in [6.07, 6.45) is 0.537. The van der Waals surface area contributed by atoms with Gasteiger partial charge in [-0.2, -0.15) is 0 Å². The second-order valence-electron chi connectivity index (χ2n) is 5.35. The molecule has 0 fully saturated rings. The van der Waals surface area contributed by atoms with Gasteiger partial charge in [0.1, 0.15) is 6.61 Å². The number of carbonyl (C=O) groups is 3. The Morgan fingerprint density at radius 3 is 2.30 bits per heavy atom. The van der Waals surface area contributed by atoms with Crippen molar-refractivity contribution >= 4 is 39.9 Å². The summed E-state index contributed by atoms with van der Waals surface area (Å²) in [4.78, 5) is 36.1. The Kier molecular flexibility index (Phi) is 7.76. The molecule has 2 aromatic rings. The molecule has 7 heteroatoms. The van der Waals surface area contributed by atoms with Crippen LogP contribution in [0, 0.1) is 0 Å². The van der Waals surface area contributed by atoms with Crippen LogP contribution in [0.5, 0.6) is 0 Å². The molecule has 2 rings (SSSR count). The van der Waals surface area contributed by atoms with Gasteiger partial charge < -0.3 is 9.47 Å². The van der Waals surface area contributed by atoms with Gasteiger partial charge >= 0.3 is 12.1 Å². The number of Topliss-reactive ketones (excluding diaryl/α,β-unsaturated/α-hetero) is 1. The zero-order valence-corrected chi connectivity index (χ0v) is 16.2. The van der Waals surface area contributed by atoms with Crippen LogP contribution >= 0.6 is 15.9 Å². The van der Waals surface area contributed by atoms with E-state index in [2.05, 4.69) is 21.2 Å². The minimum Gasteiger partial charge on any atom is -0.460 e. The Morgan fingerprint density at radius 2 is 1.67 bits per heavy atom. The van der Waals surface area contributed by atoms with Gasteiger partial charge in [-0.15, -0.1) is 0 Å². The first kappa shape index (κ1) is 20.4. The Labute approximate surface area is 165 Å². The summed E-state index contributed by atoms with van der Waals surface area (Å²) >= 11 is 3.32. The fraction of sp³-hybridized carbons (Fsp3) is 0.150. The summed E-state index contributed by atoms with van der Waals surface area (Å²) in [5.41, 5.74) is 1.19. The monoisotopic (exact) mass is 431 g/mol. The van der Waals surface area contributed by atoms with Gasteiger partial charge in [-0.3, -0.25) is 10.1 Å². The number of hydrogen-bond acceptors (Lipinski definition) is 5. The zero-order chi connectivity index (χ0) is 19.6. The fourth-order valence-corrected chi connectivity index (χ4v) is 2.32. The number of ketones is 1. The van der Waals surface area contributed by atoms with Gasteiger partial charge in [0.2, 0.25) is 0 Å². The van der Waals surface area contributed by atoms with E-state index in [9.17, 15) is 14.4 Å². The van der Waals surface area contributed by atoms with E-state index >= 15 is 0 Å². The molecule has 0 saturated heterocycles. The van der Waals surface area contributed by atoms with Crippen molar-refractivity contribution in [1.82, 2.24) is 5.32 Å². The Hall–Kier alpha value is -2.93. The molecule has 140 valence electrons. The van der Waals surface area contributed by atoms with Crippen LogP contribution in [0.3, 0.4) is 0 Å². The SMILES string of the molecule is CCOC(=O)C(=O)/C(=C/c1ccc(Br)cc1)NC(=O)OCc1ccccc1. The van der Waals surface area contributed by atoms with E-state index in [1.807, 2.05) is 18.2 Å². The van der Waals surface area contributed by atoms with Gasteiger partial charge in [0.25, 0.3) is 5.78 Å². The van der Waals surface area contributed by atoms with Crippen LogP contribution < -0.4 is 5.32 Å². The average Bonchev–Trinajstić information content (AvgIpc) is 2.68. The lowest BCUT2D eigenvalue weighted by Crippen LogP contribution is -2.32. The molecule has 0 aromatic heterocycles. The van der Waals surface area contributed by atoms with Crippen molar-refractivity contribution in [2.75, 3.05) is 6.61 Å². The number of alkyl carbamates (subject to hydrolysis) is 1. The molecule has 2 aromatic carbocycles. The molecule has 0 atom stereocenters. The first-order valence-electron chi connectivity index (χ1n) is 8.16. The summed E-state index contributed by atoms with van der Waals surface area (Å²) in [5, 5.41) is 2.33. The lowest BCUT2D eigenvalue weighted by atomic mass is 10.1. The van der Waals surface area contributed by atoms with Gasteiger partial charge in [-0.1, -0.05) is 58.4 Å². The van der Waals surface area contributed by atoms with Gasteiger partial charge in [0.15, 0.2) is 0 Å². The molecule has 0 unspecified atom stereocenters. The van der Waals surface area contributed by atoms with Crippen molar-refractivity contribution in [3.63, 3.8) is 0 Å². The third-order valence-corrected chi connectivity index (χ3v) is 3.86. The smallest absolute Gasteiger partial charge is 0.412 e. The lowest BCUT2D eigenvalue weighted by molar-refractivity contribution is -0.151. The van der Waals surface area contributed by atoms with Crippen LogP contribution in [0.1, 0.15) is 18.1 Å². The maximum atomic E-state index is 12.3. The number of ether oxygens (including phenoxy) is 2. The number of carbonyl (C=O) groups excluding carboxylic acids is 3. The van der Waals surface area contributed by atoms with Crippen LogP contribution in [0.15, 0.2) is 64.8 Å². The van der Waals surface area contributed by atoms with Crippen LogP contribution in [-0.4, -0.2) is 24.5 Å². The molecule has 0 saturated carbocycles. The number of rotatable bonds is 7. The molecular formula is C20H18BrNO5. The summed E-state index contributed by atoms with van der Waals surface area (Å²) in [7, 11) is 0. The van der Waals surface area contributed by atoms with Crippen molar-refractivity contribution in [1.29, 1.82) is 0 Å². The second kappa shape index (κ2) is 10.3. The predicted molar refractivity (Wildman–Crippen MR) is 104 cm³/mol. The average molecular weight is 432 g/mol. The molecular weight excluding hydrogens is 414 g/mol. The summed E-state index contributed by atoms with van der Waals surface area (Å²) < 4.78 is 10.7. The molecule has 0 aliphatic rings. The summed E-state index contributed by atoms with van der Waals surface area (Å²) in [6, 6.07) is 16.1. The quantitative estimate of drug-likeness (QED) is 0.409. The minimum atomic E-state index is -1.05. The van der Waals surface area contributed by atoms with Crippen LogP contribution in [0.4, 0.5) is 4.79 Å². The van der Waals surface area contributed by atoms with E-state index in [0.717, 1.165) is 10.0 Å². The molecule has 0 aliphatic carbocycles. The topological polar surface area (TPSA) is 81.7 Å². The zero-order valence-electron chi connectivity index (χ0n) is 14.6. The highest BCUT2D eigenvalue weighted by atomic mass is 79.9. The van der Waals surface area contributed by atoms with Gasteiger partial charge in [0.05, 0.1) is 12.3 Å². The van der Waals surface area contributed by atoms with Crippen LogP contribution in [0.2, 0.25) is 0 Å². The highest BCUT2D eigenvalue weighted by Gasteiger charge is 2.22. The fourth-order valence-electron chi connectivity index (χ4n) is 2.06. The third-order valence-electron chi connectivity index (χ3n) is 3.34. The minimum absolute atomic E-state index is 0.0336. The van der Waals surface area contributed by atoms with Crippen molar-refractivity contribution in [3.05, 3.63) is 75.9 Å². The maximum absolute atomic E-state index is 12.3. The number of hydrogen-bond donors (Lipinski definition) is 1. The highest BCUT2D eigenvalue weighted by molar-refractivity contribution is 9.10. The van der Waals surface area contributed by atoms with Gasteiger partial charge in [0, 0.05) is 4.47 Å². The molecule has 1 N–H and O–H groups in total. The normalized spacial score (nSPS) is 10.8. The molecule has 0 aliphatic heterocycles. The largest absolute Gasteiger partial charge is 0.460 e. The number of halogens is 1. The molecule has 6 nitrogen and oxygen atoms in total. The van der Waals surface area contributed by atoms with Crippen LogP contribution in [-0.2, 0) is 25.7 Å². The molecule has 0 radical (unpaired) electrons. The predicted octanol–water partition coefficient (Wildman–Crippen LogP) is 3.85.